The number of hydrogen-bond acceptors (Lipinski definition) is 4. The van der Waals surface area contributed by atoms with Gasteiger partial charge in [-0.25, -0.2) is 4.79 Å². The number of Topliss-reactive ketones (excluding diaryl/α,β-unsaturated/α-hetero) is 1. The van der Waals surface area contributed by atoms with Crippen molar-refractivity contribution in [1.82, 2.24) is 0 Å². The van der Waals surface area contributed by atoms with E-state index in [4.69, 9.17) is 44.3 Å². The number of ether oxygens (including phenoxy) is 2. The summed E-state index contributed by atoms with van der Waals surface area (Å²) in [6, 6.07) is 19.7. The third kappa shape index (κ3) is 5.73. The van der Waals surface area contributed by atoms with Crippen LogP contribution in [0.4, 0.5) is 0 Å². The molecule has 0 N–H and O–H groups in total. The first-order valence-electron chi connectivity index (χ1n) is 8.56. The maximum atomic E-state index is 12.9. The first kappa shape index (κ1) is 21.2. The predicted molar refractivity (Wildman–Crippen MR) is 113 cm³/mol. The fourth-order valence-corrected chi connectivity index (χ4v) is 3.15. The first-order chi connectivity index (χ1) is 13.9. The molecule has 4 nitrogen and oxygen atoms in total. The predicted octanol–water partition coefficient (Wildman–Crippen LogP) is 6.19. The van der Waals surface area contributed by atoms with Crippen LogP contribution < -0.4 is 4.74 Å². The Morgan fingerprint density at radius 3 is 2.14 bits per heavy atom. The van der Waals surface area contributed by atoms with Crippen LogP contribution in [0.5, 0.6) is 5.75 Å². The maximum Gasteiger partial charge on any atom is 0.345 e. The normalized spacial score (nSPS) is 11.6. The van der Waals surface area contributed by atoms with Crippen LogP contribution in [-0.4, -0.2) is 18.4 Å². The quantitative estimate of drug-likeness (QED) is 0.319. The lowest BCUT2D eigenvalue weighted by Gasteiger charge is -2.18. The monoisotopic (exact) mass is 448 g/mol. The molecule has 0 saturated carbocycles. The molecule has 0 radical (unpaired) electrons. The molecular weight excluding hydrogens is 435 g/mol. The fourth-order valence-electron chi connectivity index (χ4n) is 2.56. The van der Waals surface area contributed by atoms with Crippen LogP contribution >= 0.6 is 34.8 Å². The summed E-state index contributed by atoms with van der Waals surface area (Å²) in [6.45, 7) is -0.423. The van der Waals surface area contributed by atoms with E-state index in [1.165, 1.54) is 6.07 Å². The van der Waals surface area contributed by atoms with E-state index in [-0.39, 0.29) is 16.6 Å². The minimum Gasteiger partial charge on any atom is -0.480 e. The second-order valence-corrected chi connectivity index (χ2v) is 7.30. The highest BCUT2D eigenvalue weighted by atomic mass is 35.5. The number of hydrogen-bond donors (Lipinski definition) is 0. The molecule has 7 heteroatoms. The van der Waals surface area contributed by atoms with Gasteiger partial charge in [-0.15, -0.1) is 0 Å². The van der Waals surface area contributed by atoms with E-state index in [0.717, 1.165) is 0 Å². The Balaban J connectivity index is 1.76. The summed E-state index contributed by atoms with van der Waals surface area (Å²) >= 11 is 17.8. The molecule has 1 atom stereocenters. The van der Waals surface area contributed by atoms with Crippen molar-refractivity contribution in [2.45, 2.75) is 6.10 Å². The van der Waals surface area contributed by atoms with Crippen LogP contribution in [0, 0.1) is 0 Å². The van der Waals surface area contributed by atoms with E-state index in [1.807, 2.05) is 0 Å². The van der Waals surface area contributed by atoms with Gasteiger partial charge in [0, 0.05) is 21.2 Å². The molecule has 0 aliphatic heterocycles. The number of ketones is 1. The molecule has 0 aliphatic carbocycles. The highest BCUT2D eigenvalue weighted by Gasteiger charge is 2.26. The van der Waals surface area contributed by atoms with Gasteiger partial charge in [0.1, 0.15) is 5.75 Å². The SMILES string of the molecule is O=C(COc1ccc(Cl)cc1Cl)O[C@@H](C(=O)c1ccccc1)c1ccc(Cl)cc1. The Hall–Kier alpha value is -2.53. The van der Waals surface area contributed by atoms with E-state index in [2.05, 4.69) is 0 Å². The van der Waals surface area contributed by atoms with Crippen molar-refractivity contribution in [1.29, 1.82) is 0 Å². The van der Waals surface area contributed by atoms with Crippen molar-refractivity contribution >= 4 is 46.6 Å². The highest BCUT2D eigenvalue weighted by molar-refractivity contribution is 6.35. The molecule has 0 spiro atoms. The largest absolute Gasteiger partial charge is 0.480 e. The average molecular weight is 450 g/mol. The van der Waals surface area contributed by atoms with Gasteiger partial charge in [0.2, 0.25) is 5.78 Å². The molecule has 0 amide bonds. The number of benzene rings is 3. The molecular formula is C22H15Cl3O4. The van der Waals surface area contributed by atoms with Crippen molar-refractivity contribution in [3.05, 3.63) is 99.0 Å². The van der Waals surface area contributed by atoms with Crippen LogP contribution in [0.2, 0.25) is 15.1 Å². The van der Waals surface area contributed by atoms with Crippen LogP contribution in [0.25, 0.3) is 0 Å². The Labute approximate surface area is 182 Å². The Kier molecular flexibility index (Phi) is 7.15. The zero-order valence-electron chi connectivity index (χ0n) is 15.0. The second-order valence-electron chi connectivity index (χ2n) is 6.02. The van der Waals surface area contributed by atoms with Crippen molar-refractivity contribution in [3.63, 3.8) is 0 Å². The second kappa shape index (κ2) is 9.79. The van der Waals surface area contributed by atoms with Gasteiger partial charge in [0.15, 0.2) is 12.7 Å². The molecule has 3 rings (SSSR count). The van der Waals surface area contributed by atoms with Gasteiger partial charge >= 0.3 is 5.97 Å². The lowest BCUT2D eigenvalue weighted by molar-refractivity contribution is -0.149. The fraction of sp³-hybridized carbons (Fsp3) is 0.0909. The summed E-state index contributed by atoms with van der Waals surface area (Å²) in [5.74, 6) is -0.795. The molecule has 0 saturated heterocycles. The summed E-state index contributed by atoms with van der Waals surface area (Å²) in [4.78, 5) is 25.3. The molecule has 3 aromatic carbocycles. The minimum absolute atomic E-state index is 0.264. The van der Waals surface area contributed by atoms with Crippen LogP contribution in [0.15, 0.2) is 72.8 Å². The van der Waals surface area contributed by atoms with Gasteiger partial charge in [-0.1, -0.05) is 77.3 Å². The molecule has 0 heterocycles. The third-order valence-electron chi connectivity index (χ3n) is 3.96. The maximum absolute atomic E-state index is 12.9. The van der Waals surface area contributed by atoms with Gasteiger partial charge in [-0.2, -0.15) is 0 Å². The van der Waals surface area contributed by atoms with Crippen LogP contribution in [0.3, 0.4) is 0 Å². The molecule has 0 unspecified atom stereocenters. The van der Waals surface area contributed by atoms with E-state index in [0.29, 0.717) is 21.2 Å². The van der Waals surface area contributed by atoms with Crippen molar-refractivity contribution < 1.29 is 19.1 Å². The average Bonchev–Trinajstić information content (AvgIpc) is 2.72. The molecule has 29 heavy (non-hydrogen) atoms. The number of esters is 1. The van der Waals surface area contributed by atoms with Crippen molar-refractivity contribution in [3.8, 4) is 5.75 Å². The smallest absolute Gasteiger partial charge is 0.345 e. The number of halogens is 3. The first-order valence-corrected chi connectivity index (χ1v) is 9.69. The molecule has 0 bridgehead atoms. The Morgan fingerprint density at radius 1 is 0.828 bits per heavy atom. The lowest BCUT2D eigenvalue weighted by Crippen LogP contribution is -2.23. The van der Waals surface area contributed by atoms with Crippen LogP contribution in [0.1, 0.15) is 22.0 Å². The summed E-state index contributed by atoms with van der Waals surface area (Å²) in [6.07, 6.45) is -1.13. The van der Waals surface area contributed by atoms with E-state index < -0.39 is 18.7 Å². The summed E-state index contributed by atoms with van der Waals surface area (Å²) in [5, 5.41) is 1.22. The topological polar surface area (TPSA) is 52.6 Å². The van der Waals surface area contributed by atoms with Gasteiger partial charge in [0.05, 0.1) is 5.02 Å². The molecule has 0 aliphatic rings. The van der Waals surface area contributed by atoms with Gasteiger partial charge < -0.3 is 9.47 Å². The van der Waals surface area contributed by atoms with E-state index >= 15 is 0 Å². The number of rotatable bonds is 7. The zero-order valence-corrected chi connectivity index (χ0v) is 17.2. The summed E-state index contributed by atoms with van der Waals surface area (Å²) < 4.78 is 10.8. The number of carbonyl (C=O) groups excluding carboxylic acids is 2. The van der Waals surface area contributed by atoms with E-state index in [9.17, 15) is 9.59 Å². The van der Waals surface area contributed by atoms with Gasteiger partial charge in [-0.05, 0) is 30.3 Å². The lowest BCUT2D eigenvalue weighted by atomic mass is 10.00. The van der Waals surface area contributed by atoms with Crippen LogP contribution in [-0.2, 0) is 9.53 Å². The van der Waals surface area contributed by atoms with Crippen molar-refractivity contribution in [2.75, 3.05) is 6.61 Å². The van der Waals surface area contributed by atoms with Gasteiger partial charge in [0.25, 0.3) is 0 Å². The van der Waals surface area contributed by atoms with E-state index in [1.54, 1.807) is 66.7 Å². The Morgan fingerprint density at radius 2 is 1.48 bits per heavy atom. The Bertz CT molecular complexity index is 1000. The standard InChI is InChI=1S/C22H15Cl3O4/c23-16-8-6-15(7-9-16)22(21(27)14-4-2-1-3-5-14)29-20(26)13-28-19-11-10-17(24)12-18(19)25/h1-12,22H,13H2/t22-/m1/s1. The molecule has 3 aromatic rings. The molecule has 0 fully saturated rings. The highest BCUT2D eigenvalue weighted by Crippen LogP contribution is 2.28. The number of carbonyl (C=O) groups is 2. The molecule has 148 valence electrons. The van der Waals surface area contributed by atoms with Crippen molar-refractivity contribution in [2.24, 2.45) is 0 Å². The summed E-state index contributed by atoms with van der Waals surface area (Å²) in [7, 11) is 0. The summed E-state index contributed by atoms with van der Waals surface area (Å²) in [5.41, 5.74) is 0.919. The third-order valence-corrected chi connectivity index (χ3v) is 4.74. The zero-order chi connectivity index (χ0) is 20.8. The van der Waals surface area contributed by atoms with Gasteiger partial charge in [-0.3, -0.25) is 4.79 Å². The minimum atomic E-state index is -1.13. The molecule has 0 aromatic heterocycles.